The van der Waals surface area contributed by atoms with Crippen LogP contribution in [0.25, 0.3) is 0 Å². The Morgan fingerprint density at radius 3 is 2.93 bits per heavy atom. The number of benzene rings is 1. The predicted molar refractivity (Wildman–Crippen MR) is 57.1 cm³/mol. The largest absolute Gasteiger partial charge is 0.361 e. The van der Waals surface area contributed by atoms with E-state index in [1.54, 1.807) is 12.1 Å². The van der Waals surface area contributed by atoms with Gasteiger partial charge in [-0.3, -0.25) is 5.32 Å². The lowest BCUT2D eigenvalue weighted by Crippen LogP contribution is -2.39. The minimum Gasteiger partial charge on any atom is -0.361 e. The summed E-state index contributed by atoms with van der Waals surface area (Å²) >= 11 is 0. The van der Waals surface area contributed by atoms with Crippen molar-refractivity contribution in [2.24, 2.45) is 0 Å². The highest BCUT2D eigenvalue weighted by molar-refractivity contribution is 5.17. The van der Waals surface area contributed by atoms with Crippen molar-refractivity contribution in [3.63, 3.8) is 0 Å². The third-order valence-corrected chi connectivity index (χ3v) is 2.51. The molecule has 1 aromatic carbocycles. The van der Waals surface area contributed by atoms with Gasteiger partial charge in [0.25, 0.3) is 0 Å². The van der Waals surface area contributed by atoms with Crippen LogP contribution >= 0.6 is 0 Å². The molecule has 0 aromatic heterocycles. The molecular formula is C12H16FNO. The van der Waals surface area contributed by atoms with Crippen LogP contribution in [0.1, 0.15) is 19.4 Å². The molecule has 3 heteroatoms. The molecular weight excluding hydrogens is 193 g/mol. The van der Waals surface area contributed by atoms with Gasteiger partial charge in [0, 0.05) is 12.0 Å². The van der Waals surface area contributed by atoms with E-state index in [1.807, 2.05) is 6.07 Å². The molecule has 1 saturated heterocycles. The Balaban J connectivity index is 1.99. The molecule has 82 valence electrons. The highest BCUT2D eigenvalue weighted by Crippen LogP contribution is 2.17. The van der Waals surface area contributed by atoms with Crippen molar-refractivity contribution in [2.75, 3.05) is 6.61 Å². The van der Waals surface area contributed by atoms with Gasteiger partial charge in [-0.15, -0.1) is 0 Å². The fourth-order valence-corrected chi connectivity index (χ4v) is 1.82. The molecule has 1 N–H and O–H groups in total. The van der Waals surface area contributed by atoms with Gasteiger partial charge in [-0.25, -0.2) is 4.39 Å². The molecule has 0 amide bonds. The molecule has 1 aliphatic rings. The van der Waals surface area contributed by atoms with Crippen molar-refractivity contribution >= 4 is 0 Å². The zero-order chi connectivity index (χ0) is 10.9. The van der Waals surface area contributed by atoms with E-state index in [0.29, 0.717) is 13.0 Å². The average Bonchev–Trinajstić information content (AvgIpc) is 2.45. The van der Waals surface area contributed by atoms with Gasteiger partial charge in [0.1, 0.15) is 12.0 Å². The smallest absolute Gasteiger partial charge is 0.123 e. The van der Waals surface area contributed by atoms with Gasteiger partial charge in [-0.2, -0.15) is 0 Å². The molecule has 0 spiro atoms. The highest BCUT2D eigenvalue weighted by atomic mass is 19.1. The van der Waals surface area contributed by atoms with Crippen LogP contribution in [0.2, 0.25) is 0 Å². The second-order valence-electron chi connectivity index (χ2n) is 4.66. The average molecular weight is 209 g/mol. The lowest BCUT2D eigenvalue weighted by molar-refractivity contribution is 0.0987. The third kappa shape index (κ3) is 2.76. The first-order chi connectivity index (χ1) is 7.05. The van der Waals surface area contributed by atoms with Gasteiger partial charge in [0.2, 0.25) is 0 Å². The van der Waals surface area contributed by atoms with Crippen LogP contribution in [0.4, 0.5) is 4.39 Å². The van der Waals surface area contributed by atoms with E-state index >= 15 is 0 Å². The van der Waals surface area contributed by atoms with E-state index in [9.17, 15) is 4.39 Å². The van der Waals surface area contributed by atoms with Gasteiger partial charge < -0.3 is 4.74 Å². The van der Waals surface area contributed by atoms with E-state index in [-0.39, 0.29) is 17.6 Å². The molecule has 1 aromatic rings. The third-order valence-electron chi connectivity index (χ3n) is 2.51. The Morgan fingerprint density at radius 2 is 2.33 bits per heavy atom. The maximum Gasteiger partial charge on any atom is 0.123 e. The van der Waals surface area contributed by atoms with Crippen LogP contribution in [-0.2, 0) is 11.2 Å². The van der Waals surface area contributed by atoms with E-state index < -0.39 is 0 Å². The second-order valence-corrected chi connectivity index (χ2v) is 4.66. The minimum absolute atomic E-state index is 0.00167. The molecule has 2 rings (SSSR count). The number of rotatable bonds is 2. The molecule has 0 radical (unpaired) electrons. The zero-order valence-corrected chi connectivity index (χ0v) is 9.09. The molecule has 1 unspecified atom stereocenters. The van der Waals surface area contributed by atoms with Crippen molar-refractivity contribution < 1.29 is 9.13 Å². The van der Waals surface area contributed by atoms with Crippen molar-refractivity contribution in [2.45, 2.75) is 32.0 Å². The summed E-state index contributed by atoms with van der Waals surface area (Å²) in [4.78, 5) is 0. The second kappa shape index (κ2) is 3.91. The Kier molecular flexibility index (Phi) is 2.76. The Hall–Kier alpha value is -0.930. The van der Waals surface area contributed by atoms with Crippen molar-refractivity contribution in [1.29, 1.82) is 0 Å². The van der Waals surface area contributed by atoms with Crippen LogP contribution in [0.3, 0.4) is 0 Å². The van der Waals surface area contributed by atoms with Crippen molar-refractivity contribution in [1.82, 2.24) is 5.32 Å². The van der Waals surface area contributed by atoms with Gasteiger partial charge in [0.05, 0.1) is 6.61 Å². The lowest BCUT2D eigenvalue weighted by Gasteiger charge is -2.16. The van der Waals surface area contributed by atoms with Gasteiger partial charge in [-0.1, -0.05) is 12.1 Å². The monoisotopic (exact) mass is 209 g/mol. The summed E-state index contributed by atoms with van der Waals surface area (Å²) < 4.78 is 18.5. The van der Waals surface area contributed by atoms with Crippen LogP contribution in [0.15, 0.2) is 24.3 Å². The summed E-state index contributed by atoms with van der Waals surface area (Å²) in [6.07, 6.45) is 0.711. The molecule has 1 aliphatic heterocycles. The molecule has 1 atom stereocenters. The number of hydrogen-bond donors (Lipinski definition) is 1. The first-order valence-corrected chi connectivity index (χ1v) is 5.19. The van der Waals surface area contributed by atoms with Crippen molar-refractivity contribution in [3.8, 4) is 0 Å². The van der Waals surface area contributed by atoms with Gasteiger partial charge >= 0.3 is 0 Å². The van der Waals surface area contributed by atoms with E-state index in [1.165, 1.54) is 6.07 Å². The lowest BCUT2D eigenvalue weighted by atomic mass is 10.1. The normalized spacial score (nSPS) is 24.3. The minimum atomic E-state index is -0.190. The maximum atomic E-state index is 12.9. The van der Waals surface area contributed by atoms with Crippen molar-refractivity contribution in [3.05, 3.63) is 35.6 Å². The quantitative estimate of drug-likeness (QED) is 0.805. The maximum absolute atomic E-state index is 12.9. The standard InChI is InChI=1S/C12H16FNO/c1-12(2)8-15-11(14-12)7-9-4-3-5-10(13)6-9/h3-6,11,14H,7-8H2,1-2H3. The number of ether oxygens (including phenoxy) is 1. The summed E-state index contributed by atoms with van der Waals surface area (Å²) in [5.74, 6) is -0.190. The summed E-state index contributed by atoms with van der Waals surface area (Å²) in [5, 5.41) is 3.35. The summed E-state index contributed by atoms with van der Waals surface area (Å²) in [6, 6.07) is 6.65. The summed E-state index contributed by atoms with van der Waals surface area (Å²) in [7, 11) is 0. The highest BCUT2D eigenvalue weighted by Gasteiger charge is 2.30. The fourth-order valence-electron chi connectivity index (χ4n) is 1.82. The fraction of sp³-hybridized carbons (Fsp3) is 0.500. The molecule has 1 heterocycles. The van der Waals surface area contributed by atoms with Crippen LogP contribution in [0, 0.1) is 5.82 Å². The Morgan fingerprint density at radius 1 is 1.53 bits per heavy atom. The van der Waals surface area contributed by atoms with Crippen LogP contribution in [0.5, 0.6) is 0 Å². The van der Waals surface area contributed by atoms with E-state index in [2.05, 4.69) is 19.2 Å². The topological polar surface area (TPSA) is 21.3 Å². The van der Waals surface area contributed by atoms with E-state index in [4.69, 9.17) is 4.74 Å². The number of halogens is 1. The molecule has 0 aliphatic carbocycles. The summed E-state index contributed by atoms with van der Waals surface area (Å²) in [5.41, 5.74) is 0.989. The van der Waals surface area contributed by atoms with Gasteiger partial charge in [0.15, 0.2) is 0 Å². The first-order valence-electron chi connectivity index (χ1n) is 5.19. The van der Waals surface area contributed by atoms with Crippen LogP contribution in [-0.4, -0.2) is 18.4 Å². The number of nitrogens with one attached hydrogen (secondary N) is 1. The SMILES string of the molecule is CC1(C)COC(Cc2cccc(F)c2)N1. The molecule has 0 saturated carbocycles. The zero-order valence-electron chi connectivity index (χ0n) is 9.09. The first kappa shape index (κ1) is 10.6. The Bertz CT molecular complexity index is 351. The molecule has 0 bridgehead atoms. The summed E-state index contributed by atoms with van der Waals surface area (Å²) in [6.45, 7) is 4.89. The predicted octanol–water partition coefficient (Wildman–Crippen LogP) is 2.09. The van der Waals surface area contributed by atoms with Gasteiger partial charge in [-0.05, 0) is 31.5 Å². The molecule has 2 nitrogen and oxygen atoms in total. The Labute approximate surface area is 89.4 Å². The van der Waals surface area contributed by atoms with E-state index in [0.717, 1.165) is 5.56 Å². The molecule has 1 fully saturated rings. The number of hydrogen-bond acceptors (Lipinski definition) is 2. The van der Waals surface area contributed by atoms with Crippen LogP contribution < -0.4 is 5.32 Å². The molecule has 15 heavy (non-hydrogen) atoms.